The SMILES string of the molecule is Nc1[nH]ncc1CNS(=O)(=O)c1cc(Cl)sc1Cl. The molecule has 10 heteroatoms. The number of aromatic amines is 1. The van der Waals surface area contributed by atoms with Gasteiger partial charge in [0.25, 0.3) is 0 Å². The van der Waals surface area contributed by atoms with Crippen LogP contribution in [0.1, 0.15) is 5.56 Å². The van der Waals surface area contributed by atoms with E-state index in [1.807, 2.05) is 0 Å². The van der Waals surface area contributed by atoms with Crippen molar-refractivity contribution in [2.75, 3.05) is 5.73 Å². The van der Waals surface area contributed by atoms with Crippen LogP contribution in [0, 0.1) is 0 Å². The summed E-state index contributed by atoms with van der Waals surface area (Å²) in [4.78, 5) is -0.0405. The van der Waals surface area contributed by atoms with Gasteiger partial charge in [-0.05, 0) is 6.07 Å². The first-order valence-electron chi connectivity index (χ1n) is 4.62. The van der Waals surface area contributed by atoms with Crippen LogP contribution < -0.4 is 10.5 Å². The molecule has 0 aliphatic heterocycles. The molecule has 4 N–H and O–H groups in total. The lowest BCUT2D eigenvalue weighted by atomic mass is 10.3. The fourth-order valence-electron chi connectivity index (χ4n) is 1.22. The molecule has 0 aromatic carbocycles. The van der Waals surface area contributed by atoms with Crippen molar-refractivity contribution in [1.29, 1.82) is 0 Å². The van der Waals surface area contributed by atoms with Crippen LogP contribution in [0.15, 0.2) is 17.2 Å². The second-order valence-corrected chi connectivity index (χ2v) is 7.34. The minimum absolute atomic E-state index is 0.0223. The molecule has 0 aliphatic rings. The van der Waals surface area contributed by atoms with E-state index in [0.29, 0.717) is 15.7 Å². The van der Waals surface area contributed by atoms with Gasteiger partial charge in [0.1, 0.15) is 15.0 Å². The largest absolute Gasteiger partial charge is 0.384 e. The molecule has 0 saturated carbocycles. The van der Waals surface area contributed by atoms with E-state index < -0.39 is 10.0 Å². The van der Waals surface area contributed by atoms with Crippen molar-refractivity contribution in [3.63, 3.8) is 0 Å². The lowest BCUT2D eigenvalue weighted by Gasteiger charge is -2.04. The zero-order chi connectivity index (χ0) is 13.3. The molecule has 0 fully saturated rings. The summed E-state index contributed by atoms with van der Waals surface area (Å²) < 4.78 is 26.7. The average molecular weight is 327 g/mol. The molecule has 0 atom stereocenters. The predicted octanol–water partition coefficient (Wildman–Crippen LogP) is 1.84. The van der Waals surface area contributed by atoms with Crippen LogP contribution in [-0.2, 0) is 16.6 Å². The normalized spacial score (nSPS) is 11.9. The lowest BCUT2D eigenvalue weighted by Crippen LogP contribution is -2.23. The van der Waals surface area contributed by atoms with E-state index >= 15 is 0 Å². The second kappa shape index (κ2) is 5.06. The van der Waals surface area contributed by atoms with Gasteiger partial charge in [0.05, 0.1) is 10.5 Å². The van der Waals surface area contributed by atoms with Crippen molar-refractivity contribution in [3.8, 4) is 0 Å². The highest BCUT2D eigenvalue weighted by atomic mass is 35.5. The molecular weight excluding hydrogens is 319 g/mol. The summed E-state index contributed by atoms with van der Waals surface area (Å²) in [6.07, 6.45) is 1.44. The Morgan fingerprint density at radius 2 is 2.22 bits per heavy atom. The van der Waals surface area contributed by atoms with E-state index in [1.165, 1.54) is 12.3 Å². The van der Waals surface area contributed by atoms with Gasteiger partial charge >= 0.3 is 0 Å². The van der Waals surface area contributed by atoms with Crippen LogP contribution >= 0.6 is 34.5 Å². The van der Waals surface area contributed by atoms with Gasteiger partial charge in [0.2, 0.25) is 10.0 Å². The van der Waals surface area contributed by atoms with E-state index in [9.17, 15) is 8.42 Å². The average Bonchev–Trinajstić information content (AvgIpc) is 2.82. The third-order valence-electron chi connectivity index (χ3n) is 2.12. The van der Waals surface area contributed by atoms with Crippen LogP contribution in [0.5, 0.6) is 0 Å². The number of anilines is 1. The third-order valence-corrected chi connectivity index (χ3v) is 5.27. The highest BCUT2D eigenvalue weighted by molar-refractivity contribution is 7.89. The molecule has 0 unspecified atom stereocenters. The van der Waals surface area contributed by atoms with Crippen LogP contribution in [0.4, 0.5) is 5.82 Å². The van der Waals surface area contributed by atoms with Gasteiger partial charge in [0.15, 0.2) is 0 Å². The monoisotopic (exact) mass is 326 g/mol. The summed E-state index contributed by atoms with van der Waals surface area (Å²) in [6, 6.07) is 1.30. The smallest absolute Gasteiger partial charge is 0.243 e. The lowest BCUT2D eigenvalue weighted by molar-refractivity contribution is 0.582. The van der Waals surface area contributed by atoms with Gasteiger partial charge in [-0.25, -0.2) is 13.1 Å². The topological polar surface area (TPSA) is 101 Å². The summed E-state index contributed by atoms with van der Waals surface area (Å²) in [5.74, 6) is 0.312. The first kappa shape index (κ1) is 13.6. The number of hydrogen-bond donors (Lipinski definition) is 3. The van der Waals surface area contributed by atoms with Crippen molar-refractivity contribution >= 4 is 50.4 Å². The third kappa shape index (κ3) is 2.78. The van der Waals surface area contributed by atoms with Crippen LogP contribution in [-0.4, -0.2) is 18.6 Å². The molecule has 0 radical (unpaired) electrons. The molecule has 98 valence electrons. The maximum Gasteiger partial charge on any atom is 0.243 e. The minimum atomic E-state index is -3.72. The Hall–Kier alpha value is -0.800. The highest BCUT2D eigenvalue weighted by Gasteiger charge is 2.21. The summed E-state index contributed by atoms with van der Waals surface area (Å²) in [5, 5.41) is 6.19. The van der Waals surface area contributed by atoms with E-state index in [1.54, 1.807) is 0 Å². The second-order valence-electron chi connectivity index (χ2n) is 3.32. The Morgan fingerprint density at radius 1 is 1.50 bits per heavy atom. The van der Waals surface area contributed by atoms with Crippen LogP contribution in [0.3, 0.4) is 0 Å². The van der Waals surface area contributed by atoms with Crippen LogP contribution in [0.25, 0.3) is 0 Å². The first-order chi connectivity index (χ1) is 8.40. The first-order valence-corrected chi connectivity index (χ1v) is 7.68. The molecule has 0 bridgehead atoms. The van der Waals surface area contributed by atoms with Gasteiger partial charge in [-0.3, -0.25) is 5.10 Å². The summed E-state index contributed by atoms with van der Waals surface area (Å²) in [5.41, 5.74) is 6.10. The van der Waals surface area contributed by atoms with Crippen molar-refractivity contribution in [2.45, 2.75) is 11.4 Å². The Labute approximate surface area is 117 Å². The molecule has 0 saturated heterocycles. The maximum absolute atomic E-state index is 12.0. The van der Waals surface area contributed by atoms with Gasteiger partial charge in [0, 0.05) is 12.1 Å². The summed E-state index contributed by atoms with van der Waals surface area (Å²) in [7, 11) is -3.72. The van der Waals surface area contributed by atoms with E-state index in [-0.39, 0.29) is 15.8 Å². The van der Waals surface area contributed by atoms with Gasteiger partial charge in [-0.15, -0.1) is 11.3 Å². The van der Waals surface area contributed by atoms with Crippen LogP contribution in [0.2, 0.25) is 8.67 Å². The number of nitrogens with one attached hydrogen (secondary N) is 2. The Kier molecular flexibility index (Phi) is 3.83. The molecule has 0 amide bonds. The Balaban J connectivity index is 2.18. The summed E-state index contributed by atoms with van der Waals surface area (Å²) in [6.45, 7) is 0.0223. The number of halogens is 2. The maximum atomic E-state index is 12.0. The number of rotatable bonds is 4. The molecule has 0 aliphatic carbocycles. The quantitative estimate of drug-likeness (QED) is 0.797. The van der Waals surface area contributed by atoms with Crippen molar-refractivity contribution in [2.24, 2.45) is 0 Å². The number of nitrogen functional groups attached to an aromatic ring is 1. The molecule has 2 rings (SSSR count). The zero-order valence-electron chi connectivity index (χ0n) is 8.78. The van der Waals surface area contributed by atoms with E-state index in [4.69, 9.17) is 28.9 Å². The molecule has 2 heterocycles. The van der Waals surface area contributed by atoms with Crippen molar-refractivity contribution in [3.05, 3.63) is 26.5 Å². The fourth-order valence-corrected chi connectivity index (χ4v) is 4.37. The molecule has 6 nitrogen and oxygen atoms in total. The molecule has 2 aromatic rings. The number of nitrogens with zero attached hydrogens (tertiary/aromatic N) is 1. The molecular formula is C8H8Cl2N4O2S2. The van der Waals surface area contributed by atoms with E-state index in [0.717, 1.165) is 11.3 Å². The van der Waals surface area contributed by atoms with Crippen molar-refractivity contribution in [1.82, 2.24) is 14.9 Å². The summed E-state index contributed by atoms with van der Waals surface area (Å²) >= 11 is 12.5. The number of hydrogen-bond acceptors (Lipinski definition) is 5. The number of thiophene rings is 1. The Bertz CT molecular complexity index is 664. The highest BCUT2D eigenvalue weighted by Crippen LogP contribution is 2.34. The zero-order valence-corrected chi connectivity index (χ0v) is 11.9. The van der Waals surface area contributed by atoms with Gasteiger partial charge < -0.3 is 5.73 Å². The van der Waals surface area contributed by atoms with Gasteiger partial charge in [-0.1, -0.05) is 23.2 Å². The Morgan fingerprint density at radius 3 is 2.72 bits per heavy atom. The fraction of sp³-hybridized carbons (Fsp3) is 0.125. The number of H-pyrrole nitrogens is 1. The number of nitrogens with two attached hydrogens (primary N) is 1. The molecule has 2 aromatic heterocycles. The van der Waals surface area contributed by atoms with E-state index in [2.05, 4.69) is 14.9 Å². The standard InChI is InChI=1S/C8H8Cl2N4O2S2/c9-6-1-5(7(10)17-6)18(15,16)13-3-4-2-12-14-8(4)11/h1-2,13H,3H2,(H3,11,12,14). The van der Waals surface area contributed by atoms with Crippen molar-refractivity contribution < 1.29 is 8.42 Å². The molecule has 0 spiro atoms. The predicted molar refractivity (Wildman–Crippen MR) is 71.4 cm³/mol. The molecule has 18 heavy (non-hydrogen) atoms. The number of sulfonamides is 1. The minimum Gasteiger partial charge on any atom is -0.384 e. The van der Waals surface area contributed by atoms with Gasteiger partial charge in [-0.2, -0.15) is 5.10 Å². The number of aromatic nitrogens is 2.